The number of carbonyl (C=O) groups excluding carboxylic acids is 3. The number of hydrazine groups is 1. The minimum Gasteiger partial charge on any atom is -0.326 e. The Morgan fingerprint density at radius 2 is 1.80 bits per heavy atom. The predicted octanol–water partition coefficient (Wildman–Crippen LogP) is 3.86. The molecule has 1 aliphatic carbocycles. The number of anilines is 1. The number of aryl methyl sites for hydroxylation is 1. The van der Waals surface area contributed by atoms with Crippen molar-refractivity contribution in [3.8, 4) is 0 Å². The van der Waals surface area contributed by atoms with Crippen molar-refractivity contribution in [2.45, 2.75) is 53.4 Å². The summed E-state index contributed by atoms with van der Waals surface area (Å²) < 4.78 is 0. The monoisotopic (exact) mass is 427 g/mol. The van der Waals surface area contributed by atoms with Gasteiger partial charge in [0, 0.05) is 17.5 Å². The number of amides is 3. The van der Waals surface area contributed by atoms with E-state index < -0.39 is 0 Å². The Morgan fingerprint density at radius 3 is 2.43 bits per heavy atom. The molecule has 0 radical (unpaired) electrons. The molecule has 0 saturated heterocycles. The summed E-state index contributed by atoms with van der Waals surface area (Å²) in [6, 6.07) is 8.99. The quantitative estimate of drug-likeness (QED) is 0.648. The summed E-state index contributed by atoms with van der Waals surface area (Å²) in [6.45, 7) is 8.25. The van der Waals surface area contributed by atoms with E-state index in [1.807, 2.05) is 6.07 Å². The zero-order valence-electron chi connectivity index (χ0n) is 17.9. The van der Waals surface area contributed by atoms with Gasteiger partial charge in [-0.25, -0.2) is 0 Å². The molecule has 1 aromatic heterocycles. The van der Waals surface area contributed by atoms with Crippen molar-refractivity contribution < 1.29 is 14.4 Å². The lowest BCUT2D eigenvalue weighted by Crippen LogP contribution is -2.42. The normalized spacial score (nSPS) is 15.8. The molecule has 6 nitrogen and oxygen atoms in total. The summed E-state index contributed by atoms with van der Waals surface area (Å²) in [5.74, 6) is -0.111. The lowest BCUT2D eigenvalue weighted by atomic mass is 9.72. The number of benzene rings is 1. The zero-order valence-corrected chi connectivity index (χ0v) is 18.7. The molecule has 3 N–H and O–H groups in total. The summed E-state index contributed by atoms with van der Waals surface area (Å²) in [6.07, 6.45) is 3.30. The average Bonchev–Trinajstić information content (AvgIpc) is 3.10. The molecule has 160 valence electrons. The summed E-state index contributed by atoms with van der Waals surface area (Å²) in [4.78, 5) is 37.6. The van der Waals surface area contributed by atoms with Gasteiger partial charge in [0.25, 0.3) is 5.91 Å². The highest BCUT2D eigenvalue weighted by atomic mass is 32.1. The van der Waals surface area contributed by atoms with Gasteiger partial charge in [-0.3, -0.25) is 25.2 Å². The SMILES string of the molecule is CC(=O)Nc1ccc(CC(=O)NNC(=O)c2cc3c(s2)CC[C@@H](C(C)(C)C)C3)cc1. The molecule has 2 aromatic rings. The van der Waals surface area contributed by atoms with Crippen LogP contribution in [0.1, 0.15) is 59.8 Å². The molecule has 0 spiro atoms. The first kappa shape index (κ1) is 22.0. The number of rotatable bonds is 4. The number of carbonyl (C=O) groups is 3. The molecule has 0 fully saturated rings. The van der Waals surface area contributed by atoms with E-state index in [4.69, 9.17) is 0 Å². The number of hydrogen-bond donors (Lipinski definition) is 3. The van der Waals surface area contributed by atoms with Gasteiger partial charge in [0.15, 0.2) is 0 Å². The molecule has 0 saturated carbocycles. The molecule has 3 amide bonds. The summed E-state index contributed by atoms with van der Waals surface area (Å²) in [5.41, 5.74) is 8.00. The molecule has 30 heavy (non-hydrogen) atoms. The molecule has 1 atom stereocenters. The van der Waals surface area contributed by atoms with Gasteiger partial charge in [0.2, 0.25) is 11.8 Å². The third kappa shape index (κ3) is 5.69. The Balaban J connectivity index is 1.52. The standard InChI is InChI=1S/C23H29N3O3S/c1-14(27)24-18-8-5-15(6-9-18)11-21(28)25-26-22(29)20-13-16-12-17(23(2,3)4)7-10-19(16)30-20/h5-6,8-9,13,17H,7,10-12H2,1-4H3,(H,24,27)(H,25,28)(H,26,29)/t17-/m1/s1. The maximum absolute atomic E-state index is 12.5. The largest absolute Gasteiger partial charge is 0.326 e. The molecule has 7 heteroatoms. The van der Waals surface area contributed by atoms with Crippen LogP contribution in [-0.4, -0.2) is 17.7 Å². The van der Waals surface area contributed by atoms with Crippen LogP contribution in [0.3, 0.4) is 0 Å². The summed E-state index contributed by atoms with van der Waals surface area (Å²) >= 11 is 1.52. The minimum atomic E-state index is -0.301. The molecule has 1 aromatic carbocycles. The van der Waals surface area contributed by atoms with Crippen molar-refractivity contribution in [2.75, 3.05) is 5.32 Å². The van der Waals surface area contributed by atoms with Crippen LogP contribution in [-0.2, 0) is 28.9 Å². The fourth-order valence-electron chi connectivity index (χ4n) is 3.70. The van der Waals surface area contributed by atoms with Crippen molar-refractivity contribution in [2.24, 2.45) is 11.3 Å². The van der Waals surface area contributed by atoms with E-state index in [0.717, 1.165) is 24.8 Å². The van der Waals surface area contributed by atoms with Gasteiger partial charge in [0.05, 0.1) is 11.3 Å². The Labute approximate surface area is 181 Å². The van der Waals surface area contributed by atoms with Crippen molar-refractivity contribution in [1.82, 2.24) is 10.9 Å². The van der Waals surface area contributed by atoms with Gasteiger partial charge in [-0.15, -0.1) is 11.3 Å². The van der Waals surface area contributed by atoms with Crippen LogP contribution in [0.15, 0.2) is 30.3 Å². The van der Waals surface area contributed by atoms with Crippen molar-refractivity contribution in [3.05, 3.63) is 51.2 Å². The van der Waals surface area contributed by atoms with E-state index in [9.17, 15) is 14.4 Å². The predicted molar refractivity (Wildman–Crippen MR) is 119 cm³/mol. The van der Waals surface area contributed by atoms with Crippen molar-refractivity contribution >= 4 is 34.7 Å². The molecule has 3 rings (SSSR count). The van der Waals surface area contributed by atoms with Crippen LogP contribution in [0.4, 0.5) is 5.69 Å². The average molecular weight is 428 g/mol. The molecule has 1 aliphatic rings. The van der Waals surface area contributed by atoms with Crippen LogP contribution in [0.2, 0.25) is 0 Å². The maximum Gasteiger partial charge on any atom is 0.279 e. The molecular weight excluding hydrogens is 398 g/mol. The second-order valence-electron chi connectivity index (χ2n) is 8.92. The van der Waals surface area contributed by atoms with Crippen LogP contribution in [0, 0.1) is 11.3 Å². The molecule has 0 bridgehead atoms. The van der Waals surface area contributed by atoms with Crippen LogP contribution >= 0.6 is 11.3 Å². The lowest BCUT2D eigenvalue weighted by molar-refractivity contribution is -0.121. The summed E-state index contributed by atoms with van der Waals surface area (Å²) in [5, 5.41) is 2.68. The van der Waals surface area contributed by atoms with E-state index in [1.165, 1.54) is 28.7 Å². The topological polar surface area (TPSA) is 87.3 Å². The second-order valence-corrected chi connectivity index (χ2v) is 10.1. The fraction of sp³-hybridized carbons (Fsp3) is 0.435. The van der Waals surface area contributed by atoms with E-state index in [1.54, 1.807) is 24.3 Å². The minimum absolute atomic E-state index is 0.134. The first-order valence-electron chi connectivity index (χ1n) is 10.2. The van der Waals surface area contributed by atoms with Gasteiger partial charge in [-0.1, -0.05) is 32.9 Å². The van der Waals surface area contributed by atoms with Gasteiger partial charge >= 0.3 is 0 Å². The highest BCUT2D eigenvalue weighted by Gasteiger charge is 2.30. The summed E-state index contributed by atoms with van der Waals surface area (Å²) in [7, 11) is 0. The molecule has 0 aliphatic heterocycles. The van der Waals surface area contributed by atoms with E-state index in [2.05, 4.69) is 36.9 Å². The number of nitrogens with one attached hydrogen (secondary N) is 3. The first-order valence-corrected chi connectivity index (χ1v) is 11.0. The van der Waals surface area contributed by atoms with Crippen LogP contribution in [0.5, 0.6) is 0 Å². The smallest absolute Gasteiger partial charge is 0.279 e. The maximum atomic E-state index is 12.5. The van der Waals surface area contributed by atoms with E-state index in [0.29, 0.717) is 16.5 Å². The third-order valence-corrected chi connectivity index (χ3v) is 6.72. The number of hydrogen-bond acceptors (Lipinski definition) is 4. The first-order chi connectivity index (χ1) is 14.1. The Bertz CT molecular complexity index is 942. The molecule has 0 unspecified atom stereocenters. The fourth-order valence-corrected chi connectivity index (χ4v) is 4.81. The Hall–Kier alpha value is -2.67. The highest BCUT2D eigenvalue weighted by Crippen LogP contribution is 2.40. The number of thiophene rings is 1. The Morgan fingerprint density at radius 1 is 1.10 bits per heavy atom. The zero-order chi connectivity index (χ0) is 21.9. The second kappa shape index (κ2) is 9.00. The van der Waals surface area contributed by atoms with Gasteiger partial charge in [-0.2, -0.15) is 0 Å². The third-order valence-electron chi connectivity index (χ3n) is 5.49. The van der Waals surface area contributed by atoms with E-state index >= 15 is 0 Å². The van der Waals surface area contributed by atoms with Gasteiger partial charge < -0.3 is 5.32 Å². The van der Waals surface area contributed by atoms with Crippen molar-refractivity contribution in [1.29, 1.82) is 0 Å². The molecular formula is C23H29N3O3S. The Kier molecular flexibility index (Phi) is 6.61. The molecule has 1 heterocycles. The van der Waals surface area contributed by atoms with E-state index in [-0.39, 0.29) is 29.6 Å². The lowest BCUT2D eigenvalue weighted by Gasteiger charge is -2.33. The van der Waals surface area contributed by atoms with Gasteiger partial charge in [-0.05, 0) is 59.9 Å². The van der Waals surface area contributed by atoms with Crippen LogP contribution in [0.25, 0.3) is 0 Å². The highest BCUT2D eigenvalue weighted by molar-refractivity contribution is 7.14. The number of fused-ring (bicyclic) bond motifs is 1. The van der Waals surface area contributed by atoms with Crippen molar-refractivity contribution in [3.63, 3.8) is 0 Å². The van der Waals surface area contributed by atoms with Crippen LogP contribution < -0.4 is 16.2 Å². The van der Waals surface area contributed by atoms with Gasteiger partial charge in [0.1, 0.15) is 0 Å².